The molecule has 0 aliphatic rings. The second-order valence-corrected chi connectivity index (χ2v) is 4.45. The normalized spacial score (nSPS) is 12.1. The minimum atomic E-state index is -0.833. The molecular weight excluding hydrogens is 226 g/mol. The topological polar surface area (TPSA) is 66.4 Å². The van der Waals surface area contributed by atoms with Gasteiger partial charge in [0, 0.05) is 19.4 Å². The van der Waals surface area contributed by atoms with Gasteiger partial charge in [0.15, 0.2) is 0 Å². The molecule has 0 aliphatic carbocycles. The Morgan fingerprint density at radius 1 is 1.56 bits per heavy atom. The molecule has 1 heterocycles. The summed E-state index contributed by atoms with van der Waals surface area (Å²) in [6, 6.07) is 1.89. The van der Waals surface area contributed by atoms with Gasteiger partial charge in [0.1, 0.15) is 0 Å². The van der Waals surface area contributed by atoms with Crippen LogP contribution in [0, 0.1) is 0 Å². The lowest BCUT2D eigenvalue weighted by Crippen LogP contribution is -2.35. The van der Waals surface area contributed by atoms with Crippen molar-refractivity contribution in [2.75, 3.05) is 0 Å². The Bertz CT molecular complexity index is 348. The molecule has 0 spiro atoms. The number of nitrogens with one attached hydrogen (secondary N) is 1. The summed E-state index contributed by atoms with van der Waals surface area (Å²) in [5, 5.41) is 15.4. The number of carbonyl (C=O) groups excluding carboxylic acids is 1. The molecule has 1 aromatic heterocycles. The summed E-state index contributed by atoms with van der Waals surface area (Å²) < 4.78 is 0. The van der Waals surface area contributed by atoms with Crippen molar-refractivity contribution in [3.8, 4) is 0 Å². The molecule has 0 saturated carbocycles. The molecule has 1 rings (SSSR count). The zero-order valence-electron chi connectivity index (χ0n) is 9.10. The van der Waals surface area contributed by atoms with E-state index < -0.39 is 5.97 Å². The Hall–Kier alpha value is -1.36. The lowest BCUT2D eigenvalue weighted by Gasteiger charge is -2.16. The molecule has 1 aromatic rings. The third kappa shape index (κ3) is 4.93. The van der Waals surface area contributed by atoms with Gasteiger partial charge in [-0.15, -0.1) is 0 Å². The van der Waals surface area contributed by atoms with Crippen molar-refractivity contribution < 1.29 is 14.7 Å². The fraction of sp³-hybridized carbons (Fsp3) is 0.455. The Kier molecular flexibility index (Phi) is 4.98. The van der Waals surface area contributed by atoms with Crippen molar-refractivity contribution in [3.63, 3.8) is 0 Å². The van der Waals surface area contributed by atoms with E-state index in [0.29, 0.717) is 12.8 Å². The van der Waals surface area contributed by atoms with Crippen molar-refractivity contribution >= 4 is 23.2 Å². The summed E-state index contributed by atoms with van der Waals surface area (Å²) in [6.45, 7) is 1.45. The van der Waals surface area contributed by atoms with E-state index in [1.807, 2.05) is 16.8 Å². The number of aliphatic carboxylic acids is 1. The predicted molar refractivity (Wildman–Crippen MR) is 62.5 cm³/mol. The molecule has 1 unspecified atom stereocenters. The second-order valence-electron chi connectivity index (χ2n) is 3.67. The van der Waals surface area contributed by atoms with Crippen molar-refractivity contribution in [2.24, 2.45) is 0 Å². The quantitative estimate of drug-likeness (QED) is 0.796. The Balaban J connectivity index is 2.49. The van der Waals surface area contributed by atoms with E-state index >= 15 is 0 Å². The fourth-order valence-corrected chi connectivity index (χ4v) is 2.19. The summed E-state index contributed by atoms with van der Waals surface area (Å²) >= 11 is 1.60. The van der Waals surface area contributed by atoms with Gasteiger partial charge in [-0.1, -0.05) is 0 Å². The van der Waals surface area contributed by atoms with Gasteiger partial charge < -0.3 is 10.4 Å². The summed E-state index contributed by atoms with van der Waals surface area (Å²) in [6.07, 6.45) is 1.23. The average Bonchev–Trinajstić information content (AvgIpc) is 2.66. The molecule has 1 amide bonds. The van der Waals surface area contributed by atoms with Crippen LogP contribution in [0.25, 0.3) is 0 Å². The number of carbonyl (C=O) groups is 2. The van der Waals surface area contributed by atoms with Crippen LogP contribution in [0.3, 0.4) is 0 Å². The lowest BCUT2D eigenvalue weighted by atomic mass is 10.0. The first-order chi connectivity index (χ1) is 7.58. The number of hydrogen-bond donors (Lipinski definition) is 2. The largest absolute Gasteiger partial charge is 0.481 e. The monoisotopic (exact) mass is 241 g/mol. The molecule has 0 saturated heterocycles. The molecule has 88 valence electrons. The molecule has 5 heteroatoms. The van der Waals surface area contributed by atoms with E-state index in [9.17, 15) is 9.59 Å². The van der Waals surface area contributed by atoms with Crippen LogP contribution >= 0.6 is 11.3 Å². The van der Waals surface area contributed by atoms with Crippen molar-refractivity contribution in [1.29, 1.82) is 0 Å². The first-order valence-electron chi connectivity index (χ1n) is 5.08. The first-order valence-corrected chi connectivity index (χ1v) is 6.02. The zero-order chi connectivity index (χ0) is 12.0. The Labute approximate surface area is 98.3 Å². The number of carboxylic acid groups (broad SMARTS) is 1. The molecule has 0 aliphatic heterocycles. The van der Waals surface area contributed by atoms with Crippen molar-refractivity contribution in [3.05, 3.63) is 22.4 Å². The number of carboxylic acids is 1. The zero-order valence-corrected chi connectivity index (χ0v) is 9.92. The summed E-state index contributed by atoms with van der Waals surface area (Å²) in [7, 11) is 0. The summed E-state index contributed by atoms with van der Waals surface area (Å²) in [5.41, 5.74) is 1.13. The van der Waals surface area contributed by atoms with Gasteiger partial charge in [0.05, 0.1) is 0 Å². The van der Waals surface area contributed by atoms with Gasteiger partial charge in [0.2, 0.25) is 5.91 Å². The van der Waals surface area contributed by atoms with Crippen LogP contribution in [-0.4, -0.2) is 23.0 Å². The third-order valence-electron chi connectivity index (χ3n) is 2.18. The van der Waals surface area contributed by atoms with E-state index in [4.69, 9.17) is 5.11 Å². The van der Waals surface area contributed by atoms with Crippen LogP contribution < -0.4 is 5.32 Å². The standard InChI is InChI=1S/C11H15NO3S/c1-8(13)12-10(2-3-11(14)15)6-9-4-5-16-7-9/h4-5,7,10H,2-3,6H2,1H3,(H,12,13)(H,14,15). The highest BCUT2D eigenvalue weighted by Gasteiger charge is 2.12. The van der Waals surface area contributed by atoms with Crippen LogP contribution in [0.5, 0.6) is 0 Å². The van der Waals surface area contributed by atoms with Crippen LogP contribution in [0.4, 0.5) is 0 Å². The van der Waals surface area contributed by atoms with Crippen LogP contribution in [0.15, 0.2) is 16.8 Å². The number of rotatable bonds is 6. The smallest absolute Gasteiger partial charge is 0.303 e. The molecule has 4 nitrogen and oxygen atoms in total. The van der Waals surface area contributed by atoms with Gasteiger partial charge in [-0.05, 0) is 35.2 Å². The van der Waals surface area contributed by atoms with Gasteiger partial charge in [-0.3, -0.25) is 9.59 Å². The third-order valence-corrected chi connectivity index (χ3v) is 2.91. The highest BCUT2D eigenvalue weighted by Crippen LogP contribution is 2.11. The number of amides is 1. The van der Waals surface area contributed by atoms with Gasteiger partial charge in [-0.2, -0.15) is 11.3 Å². The molecule has 2 N–H and O–H groups in total. The van der Waals surface area contributed by atoms with E-state index in [0.717, 1.165) is 5.56 Å². The molecule has 16 heavy (non-hydrogen) atoms. The maximum atomic E-state index is 11.0. The van der Waals surface area contributed by atoms with E-state index in [2.05, 4.69) is 5.32 Å². The minimum Gasteiger partial charge on any atom is -0.481 e. The number of thiophene rings is 1. The molecule has 0 aromatic carbocycles. The van der Waals surface area contributed by atoms with Gasteiger partial charge in [-0.25, -0.2) is 0 Å². The van der Waals surface area contributed by atoms with Crippen molar-refractivity contribution in [2.45, 2.75) is 32.2 Å². The maximum Gasteiger partial charge on any atom is 0.303 e. The fourth-order valence-electron chi connectivity index (χ4n) is 1.50. The van der Waals surface area contributed by atoms with Gasteiger partial charge in [0.25, 0.3) is 0 Å². The maximum absolute atomic E-state index is 11.0. The molecule has 0 fully saturated rings. The Morgan fingerprint density at radius 2 is 2.31 bits per heavy atom. The first kappa shape index (κ1) is 12.7. The molecule has 0 bridgehead atoms. The highest BCUT2D eigenvalue weighted by molar-refractivity contribution is 7.07. The minimum absolute atomic E-state index is 0.0785. The van der Waals surface area contributed by atoms with Crippen LogP contribution in [0.1, 0.15) is 25.3 Å². The SMILES string of the molecule is CC(=O)NC(CCC(=O)O)Cc1ccsc1. The second kappa shape index (κ2) is 6.27. The summed E-state index contributed by atoms with van der Waals surface area (Å²) in [4.78, 5) is 21.5. The van der Waals surface area contributed by atoms with Gasteiger partial charge >= 0.3 is 5.97 Å². The van der Waals surface area contributed by atoms with E-state index in [-0.39, 0.29) is 18.4 Å². The van der Waals surface area contributed by atoms with Crippen molar-refractivity contribution in [1.82, 2.24) is 5.32 Å². The average molecular weight is 241 g/mol. The molecule has 1 atom stereocenters. The summed E-state index contributed by atoms with van der Waals surface area (Å²) in [5.74, 6) is -0.953. The number of hydrogen-bond acceptors (Lipinski definition) is 3. The Morgan fingerprint density at radius 3 is 2.81 bits per heavy atom. The highest BCUT2D eigenvalue weighted by atomic mass is 32.1. The van der Waals surface area contributed by atoms with E-state index in [1.165, 1.54) is 6.92 Å². The van der Waals surface area contributed by atoms with Crippen LogP contribution in [0.2, 0.25) is 0 Å². The lowest BCUT2D eigenvalue weighted by molar-refractivity contribution is -0.137. The van der Waals surface area contributed by atoms with E-state index in [1.54, 1.807) is 11.3 Å². The molecule has 0 radical (unpaired) electrons. The predicted octanol–water partition coefficient (Wildman–Crippen LogP) is 1.66. The van der Waals surface area contributed by atoms with Crippen LogP contribution in [-0.2, 0) is 16.0 Å². The molecular formula is C11H15NO3S.